The number of aliphatic hydroxyl groups excluding tert-OH is 1. The Morgan fingerprint density at radius 2 is 2.05 bits per heavy atom. The van der Waals surface area contributed by atoms with E-state index in [1.165, 1.54) is 12.3 Å². The molecule has 1 aliphatic rings. The van der Waals surface area contributed by atoms with E-state index in [9.17, 15) is 18.3 Å². The third-order valence-electron chi connectivity index (χ3n) is 3.63. The normalized spacial score (nSPS) is 19.1. The van der Waals surface area contributed by atoms with Gasteiger partial charge in [0, 0.05) is 36.0 Å². The molecule has 0 spiro atoms. The molecule has 0 amide bonds. The van der Waals surface area contributed by atoms with Crippen molar-refractivity contribution in [1.29, 1.82) is 0 Å². The molecule has 1 N–H and O–H groups in total. The maximum Gasteiger partial charge on any atom is 0.418 e. The average molecular weight is 297 g/mol. The first-order valence-electron chi connectivity index (χ1n) is 6.57. The molecule has 2 unspecified atom stereocenters. The van der Waals surface area contributed by atoms with Crippen LogP contribution in [0, 0.1) is 0 Å². The zero-order valence-electron chi connectivity index (χ0n) is 11.0. The number of aromatic nitrogens is 1. The van der Waals surface area contributed by atoms with Gasteiger partial charge < -0.3 is 14.4 Å². The number of rotatable bonds is 3. The Labute approximate surface area is 119 Å². The van der Waals surface area contributed by atoms with Gasteiger partial charge in [0.15, 0.2) is 6.10 Å². The molecule has 2 atom stereocenters. The van der Waals surface area contributed by atoms with Crippen LogP contribution in [-0.2, 0) is 6.54 Å². The molecule has 0 saturated carbocycles. The Balaban J connectivity index is 1.74. The molecule has 2 aromatic rings. The first-order chi connectivity index (χ1) is 9.95. The minimum absolute atomic E-state index is 0.101. The number of para-hydroxylation sites is 1. The summed E-state index contributed by atoms with van der Waals surface area (Å²) in [7, 11) is 0. The van der Waals surface area contributed by atoms with Crippen molar-refractivity contribution in [2.75, 3.05) is 6.61 Å². The van der Waals surface area contributed by atoms with E-state index in [0.717, 1.165) is 11.3 Å². The molecule has 0 aliphatic carbocycles. The van der Waals surface area contributed by atoms with Crippen LogP contribution >= 0.6 is 0 Å². The van der Waals surface area contributed by atoms with E-state index in [-0.39, 0.29) is 11.5 Å². The van der Waals surface area contributed by atoms with Gasteiger partial charge in [-0.25, -0.2) is 0 Å². The molecule has 2 heterocycles. The van der Waals surface area contributed by atoms with Crippen LogP contribution in [0.1, 0.15) is 23.1 Å². The summed E-state index contributed by atoms with van der Waals surface area (Å²) in [5.74, 6) is 0.926. The van der Waals surface area contributed by atoms with Crippen molar-refractivity contribution in [1.82, 2.24) is 4.57 Å². The van der Waals surface area contributed by atoms with Crippen molar-refractivity contribution >= 4 is 0 Å². The molecular weight excluding hydrogens is 283 g/mol. The quantitative estimate of drug-likeness (QED) is 0.943. The largest absolute Gasteiger partial charge is 0.493 e. The van der Waals surface area contributed by atoms with Crippen LogP contribution in [0.3, 0.4) is 0 Å². The van der Waals surface area contributed by atoms with Gasteiger partial charge in [0.25, 0.3) is 0 Å². The highest BCUT2D eigenvalue weighted by Crippen LogP contribution is 2.36. The zero-order valence-corrected chi connectivity index (χ0v) is 11.0. The van der Waals surface area contributed by atoms with Crippen molar-refractivity contribution in [3.63, 3.8) is 0 Å². The Hall–Kier alpha value is -1.95. The monoisotopic (exact) mass is 297 g/mol. The number of halogens is 3. The number of aliphatic hydroxyl groups is 1. The van der Waals surface area contributed by atoms with E-state index in [1.807, 2.05) is 24.3 Å². The molecule has 0 fully saturated rings. The van der Waals surface area contributed by atoms with Gasteiger partial charge in [0.1, 0.15) is 5.75 Å². The molecular formula is C15H14F3NO2. The van der Waals surface area contributed by atoms with Crippen LogP contribution in [0.2, 0.25) is 0 Å². The molecule has 0 radical (unpaired) electrons. The molecule has 1 aromatic carbocycles. The molecule has 3 rings (SSSR count). The van der Waals surface area contributed by atoms with Crippen molar-refractivity contribution in [3.8, 4) is 5.75 Å². The highest BCUT2D eigenvalue weighted by molar-refractivity contribution is 5.39. The second-order valence-electron chi connectivity index (χ2n) is 5.13. The molecule has 112 valence electrons. The fourth-order valence-electron chi connectivity index (χ4n) is 2.56. The number of benzene rings is 1. The second-order valence-corrected chi connectivity index (χ2v) is 5.13. The zero-order chi connectivity index (χ0) is 15.0. The maximum absolute atomic E-state index is 12.5. The number of alkyl halides is 3. The van der Waals surface area contributed by atoms with Crippen LogP contribution in [-0.4, -0.2) is 22.5 Å². The Morgan fingerprint density at radius 1 is 1.29 bits per heavy atom. The van der Waals surface area contributed by atoms with E-state index in [1.54, 1.807) is 10.8 Å². The average Bonchev–Trinajstić information content (AvgIpc) is 3.05. The van der Waals surface area contributed by atoms with Gasteiger partial charge in [0.2, 0.25) is 0 Å². The predicted molar refractivity (Wildman–Crippen MR) is 70.1 cm³/mol. The summed E-state index contributed by atoms with van der Waals surface area (Å²) < 4.78 is 44.6. The van der Waals surface area contributed by atoms with E-state index in [4.69, 9.17) is 4.74 Å². The lowest BCUT2D eigenvalue weighted by Gasteiger charge is -2.13. The number of ether oxygens (including phenoxy) is 1. The third-order valence-corrected chi connectivity index (χ3v) is 3.63. The second kappa shape index (κ2) is 5.11. The minimum atomic E-state index is -4.64. The van der Waals surface area contributed by atoms with Gasteiger partial charge >= 0.3 is 6.18 Å². The maximum atomic E-state index is 12.5. The minimum Gasteiger partial charge on any atom is -0.493 e. The molecule has 1 aromatic heterocycles. The Kier molecular flexibility index (Phi) is 3.41. The highest BCUT2D eigenvalue weighted by atomic mass is 19.4. The Morgan fingerprint density at radius 3 is 2.81 bits per heavy atom. The fourth-order valence-corrected chi connectivity index (χ4v) is 2.56. The van der Waals surface area contributed by atoms with E-state index >= 15 is 0 Å². The summed E-state index contributed by atoms with van der Waals surface area (Å²) in [5.41, 5.74) is 0.916. The lowest BCUT2D eigenvalue weighted by atomic mass is 10.0. The molecule has 0 bridgehead atoms. The van der Waals surface area contributed by atoms with E-state index < -0.39 is 12.3 Å². The van der Waals surface area contributed by atoms with E-state index in [2.05, 4.69) is 0 Å². The smallest absolute Gasteiger partial charge is 0.418 e. The van der Waals surface area contributed by atoms with Gasteiger partial charge in [0.05, 0.1) is 6.61 Å². The topological polar surface area (TPSA) is 34.4 Å². The summed E-state index contributed by atoms with van der Waals surface area (Å²) in [6, 6.07) is 8.93. The first-order valence-corrected chi connectivity index (χ1v) is 6.57. The van der Waals surface area contributed by atoms with Crippen LogP contribution in [0.4, 0.5) is 13.2 Å². The van der Waals surface area contributed by atoms with Crippen molar-refractivity contribution < 1.29 is 23.0 Å². The highest BCUT2D eigenvalue weighted by Gasteiger charge is 2.39. The predicted octanol–water partition coefficient (Wildman–Crippen LogP) is 3.26. The van der Waals surface area contributed by atoms with Gasteiger partial charge in [-0.05, 0) is 12.1 Å². The lowest BCUT2D eigenvalue weighted by Crippen LogP contribution is -2.19. The van der Waals surface area contributed by atoms with Crippen LogP contribution in [0.15, 0.2) is 42.7 Å². The summed E-state index contributed by atoms with van der Waals surface area (Å²) >= 11 is 0. The van der Waals surface area contributed by atoms with Crippen LogP contribution < -0.4 is 4.74 Å². The van der Waals surface area contributed by atoms with E-state index in [0.29, 0.717) is 13.2 Å². The molecule has 21 heavy (non-hydrogen) atoms. The molecule has 1 aliphatic heterocycles. The van der Waals surface area contributed by atoms with Crippen molar-refractivity contribution in [2.24, 2.45) is 0 Å². The number of nitrogens with zero attached hydrogens (tertiary/aromatic N) is 1. The molecule has 0 saturated heterocycles. The van der Waals surface area contributed by atoms with Crippen LogP contribution in [0.5, 0.6) is 5.75 Å². The molecule has 6 heteroatoms. The standard InChI is InChI=1S/C15H14F3NO2/c16-15(17,18)14(20)10-5-6-19(7-10)8-11-9-21-13-4-2-1-3-12(11)13/h1-7,11,14,20H,8-9H2. The van der Waals surface area contributed by atoms with Crippen molar-refractivity contribution in [2.45, 2.75) is 24.7 Å². The number of fused-ring (bicyclic) bond motifs is 1. The van der Waals surface area contributed by atoms with Gasteiger partial charge in [-0.1, -0.05) is 18.2 Å². The number of hydrogen-bond acceptors (Lipinski definition) is 2. The van der Waals surface area contributed by atoms with Gasteiger partial charge in [-0.2, -0.15) is 13.2 Å². The number of hydrogen-bond donors (Lipinski definition) is 1. The van der Waals surface area contributed by atoms with Gasteiger partial charge in [-0.15, -0.1) is 0 Å². The summed E-state index contributed by atoms with van der Waals surface area (Å²) in [5, 5.41) is 9.23. The first kappa shape index (κ1) is 14.0. The van der Waals surface area contributed by atoms with Gasteiger partial charge in [-0.3, -0.25) is 0 Å². The summed E-state index contributed by atoms with van der Waals surface area (Å²) in [6.45, 7) is 1.02. The SMILES string of the molecule is OC(c1ccn(CC2COc3ccccc32)c1)C(F)(F)F. The molecule has 3 nitrogen and oxygen atoms in total. The lowest BCUT2D eigenvalue weighted by molar-refractivity contribution is -0.206. The van der Waals surface area contributed by atoms with Crippen molar-refractivity contribution in [3.05, 3.63) is 53.9 Å². The summed E-state index contributed by atoms with van der Waals surface area (Å²) in [6.07, 6.45) is -4.20. The Bertz CT molecular complexity index is 636. The third kappa shape index (κ3) is 2.76. The van der Waals surface area contributed by atoms with Crippen LogP contribution in [0.25, 0.3) is 0 Å². The summed E-state index contributed by atoms with van der Waals surface area (Å²) in [4.78, 5) is 0. The fraction of sp³-hybridized carbons (Fsp3) is 0.333.